The molecule has 0 saturated carbocycles. The van der Waals surface area contributed by atoms with E-state index in [-0.39, 0.29) is 0 Å². The highest BCUT2D eigenvalue weighted by molar-refractivity contribution is 5.82. The molecule has 2 aromatic carbocycles. The average molecular weight is 294 g/mol. The molecule has 2 aromatic rings. The molecule has 0 N–H and O–H groups in total. The summed E-state index contributed by atoms with van der Waals surface area (Å²) >= 11 is 0. The average Bonchev–Trinajstić information content (AvgIpc) is 2.59. The first-order valence-corrected chi connectivity index (χ1v) is 6.76. The van der Waals surface area contributed by atoms with E-state index in [9.17, 15) is 0 Å². The summed E-state index contributed by atoms with van der Waals surface area (Å²) in [6.45, 7) is 0. The third-order valence-corrected chi connectivity index (χ3v) is 3.29. The van der Waals surface area contributed by atoms with Crippen LogP contribution in [0.3, 0.4) is 0 Å². The zero-order valence-electron chi connectivity index (χ0n) is 12.9. The fourth-order valence-electron chi connectivity index (χ4n) is 2.15. The van der Waals surface area contributed by atoms with Gasteiger partial charge in [-0.25, -0.2) is 0 Å². The van der Waals surface area contributed by atoms with Crippen LogP contribution < -0.4 is 14.2 Å². The molecule has 0 aliphatic heterocycles. The number of ether oxygens (including phenoxy) is 3. The van der Waals surface area contributed by atoms with E-state index >= 15 is 0 Å². The van der Waals surface area contributed by atoms with Crippen molar-refractivity contribution in [1.82, 2.24) is 0 Å². The van der Waals surface area contributed by atoms with E-state index in [1.165, 1.54) is 0 Å². The van der Waals surface area contributed by atoms with Crippen LogP contribution in [-0.2, 0) is 0 Å². The van der Waals surface area contributed by atoms with Gasteiger partial charge in [-0.05, 0) is 47.0 Å². The molecule has 0 fully saturated rings. The number of hydrogen-bond donors (Lipinski definition) is 0. The second-order valence-electron chi connectivity index (χ2n) is 4.55. The zero-order valence-corrected chi connectivity index (χ0v) is 12.9. The number of allylic oxidation sites excluding steroid dienone is 1. The lowest BCUT2D eigenvalue weighted by Gasteiger charge is -2.12. The van der Waals surface area contributed by atoms with Gasteiger partial charge >= 0.3 is 0 Å². The van der Waals surface area contributed by atoms with Gasteiger partial charge in [0.2, 0.25) is 0 Å². The van der Waals surface area contributed by atoms with E-state index in [0.29, 0.717) is 11.5 Å². The standard InChI is InChI=1S/C19H18O3/c1-5-6-19(14-7-9-16(20-2)10-8-14)15-11-17(21-3)13-18(12-15)22-4/h1,6-13H,2-4H3/b19-6-. The van der Waals surface area contributed by atoms with Gasteiger partial charge in [-0.2, -0.15) is 0 Å². The fraction of sp³-hybridized carbons (Fsp3) is 0.158. The van der Waals surface area contributed by atoms with Gasteiger partial charge in [0.1, 0.15) is 17.2 Å². The third-order valence-electron chi connectivity index (χ3n) is 3.29. The van der Waals surface area contributed by atoms with Gasteiger partial charge in [-0.3, -0.25) is 0 Å². The second-order valence-corrected chi connectivity index (χ2v) is 4.55. The summed E-state index contributed by atoms with van der Waals surface area (Å²) in [7, 11) is 4.88. The minimum Gasteiger partial charge on any atom is -0.497 e. The molecule has 3 nitrogen and oxygen atoms in total. The molecule has 0 atom stereocenters. The van der Waals surface area contributed by atoms with Crippen LogP contribution in [0.1, 0.15) is 11.1 Å². The van der Waals surface area contributed by atoms with E-state index in [4.69, 9.17) is 20.6 Å². The molecule has 0 bridgehead atoms. The van der Waals surface area contributed by atoms with Crippen LogP contribution in [0.5, 0.6) is 17.2 Å². The molecule has 0 heterocycles. The molecule has 0 amide bonds. The molecule has 2 rings (SSSR count). The molecule has 0 spiro atoms. The van der Waals surface area contributed by atoms with Gasteiger partial charge < -0.3 is 14.2 Å². The second kappa shape index (κ2) is 7.24. The van der Waals surface area contributed by atoms with E-state index in [1.54, 1.807) is 27.4 Å². The molecule has 3 heteroatoms. The smallest absolute Gasteiger partial charge is 0.123 e. The predicted octanol–water partition coefficient (Wildman–Crippen LogP) is 3.78. The largest absolute Gasteiger partial charge is 0.497 e. The SMILES string of the molecule is C#C/C=C(/c1ccc(OC)cc1)c1cc(OC)cc(OC)c1. The number of hydrogen-bond acceptors (Lipinski definition) is 3. The number of terminal acetylenes is 1. The first-order valence-electron chi connectivity index (χ1n) is 6.76. The molecule has 0 aliphatic rings. The van der Waals surface area contributed by atoms with Crippen molar-refractivity contribution < 1.29 is 14.2 Å². The van der Waals surface area contributed by atoms with Crippen LogP contribution in [0.25, 0.3) is 5.57 Å². The van der Waals surface area contributed by atoms with Crippen molar-refractivity contribution in [3.05, 3.63) is 59.7 Å². The predicted molar refractivity (Wildman–Crippen MR) is 88.5 cm³/mol. The summed E-state index contributed by atoms with van der Waals surface area (Å²) in [5.74, 6) is 4.82. The quantitative estimate of drug-likeness (QED) is 0.786. The van der Waals surface area contributed by atoms with Gasteiger partial charge in [-0.1, -0.05) is 18.1 Å². The minimum atomic E-state index is 0.714. The van der Waals surface area contributed by atoms with Crippen molar-refractivity contribution in [2.24, 2.45) is 0 Å². The fourth-order valence-corrected chi connectivity index (χ4v) is 2.15. The van der Waals surface area contributed by atoms with E-state index < -0.39 is 0 Å². The maximum atomic E-state index is 5.49. The van der Waals surface area contributed by atoms with Crippen molar-refractivity contribution in [3.8, 4) is 29.6 Å². The minimum absolute atomic E-state index is 0.714. The zero-order chi connectivity index (χ0) is 15.9. The Balaban J connectivity index is 2.52. The van der Waals surface area contributed by atoms with Crippen LogP contribution in [0.2, 0.25) is 0 Å². The van der Waals surface area contributed by atoms with Crippen molar-refractivity contribution in [1.29, 1.82) is 0 Å². The monoisotopic (exact) mass is 294 g/mol. The highest BCUT2D eigenvalue weighted by Gasteiger charge is 2.09. The Kier molecular flexibility index (Phi) is 5.11. The topological polar surface area (TPSA) is 27.7 Å². The first-order chi connectivity index (χ1) is 10.7. The summed E-state index contributed by atoms with van der Waals surface area (Å²) in [6.07, 6.45) is 7.22. The number of benzene rings is 2. The Morgan fingerprint density at radius 2 is 1.36 bits per heavy atom. The molecule has 22 heavy (non-hydrogen) atoms. The molecule has 0 radical (unpaired) electrons. The molecular formula is C19H18O3. The van der Waals surface area contributed by atoms with Crippen molar-refractivity contribution >= 4 is 5.57 Å². The number of methoxy groups -OCH3 is 3. The van der Waals surface area contributed by atoms with Gasteiger partial charge in [0.25, 0.3) is 0 Å². The van der Waals surface area contributed by atoms with Gasteiger partial charge in [0, 0.05) is 6.07 Å². The van der Waals surface area contributed by atoms with E-state index in [0.717, 1.165) is 22.4 Å². The Morgan fingerprint density at radius 3 is 1.82 bits per heavy atom. The summed E-state index contributed by atoms with van der Waals surface area (Å²) in [5.41, 5.74) is 2.84. The van der Waals surface area contributed by atoms with Crippen LogP contribution in [-0.4, -0.2) is 21.3 Å². The van der Waals surface area contributed by atoms with Crippen molar-refractivity contribution in [2.45, 2.75) is 0 Å². The Bertz CT molecular complexity index is 684. The van der Waals surface area contributed by atoms with Crippen LogP contribution >= 0.6 is 0 Å². The van der Waals surface area contributed by atoms with E-state index in [2.05, 4.69) is 5.92 Å². The van der Waals surface area contributed by atoms with Crippen LogP contribution in [0, 0.1) is 12.3 Å². The molecular weight excluding hydrogens is 276 g/mol. The Morgan fingerprint density at radius 1 is 0.818 bits per heavy atom. The van der Waals surface area contributed by atoms with Crippen LogP contribution in [0.4, 0.5) is 0 Å². The molecule has 112 valence electrons. The van der Waals surface area contributed by atoms with Crippen LogP contribution in [0.15, 0.2) is 48.5 Å². The normalized spacial score (nSPS) is 10.7. The lowest BCUT2D eigenvalue weighted by Crippen LogP contribution is -1.93. The lowest BCUT2D eigenvalue weighted by atomic mass is 9.97. The van der Waals surface area contributed by atoms with E-state index in [1.807, 2.05) is 42.5 Å². The Hall–Kier alpha value is -2.86. The summed E-state index contributed by atoms with van der Waals surface area (Å²) in [4.78, 5) is 0. The van der Waals surface area contributed by atoms with Gasteiger partial charge in [0.05, 0.1) is 21.3 Å². The first kappa shape index (κ1) is 15.5. The maximum absolute atomic E-state index is 5.49. The van der Waals surface area contributed by atoms with Crippen molar-refractivity contribution in [2.75, 3.05) is 21.3 Å². The van der Waals surface area contributed by atoms with Crippen molar-refractivity contribution in [3.63, 3.8) is 0 Å². The third kappa shape index (κ3) is 3.42. The summed E-state index contributed by atoms with van der Waals surface area (Å²) in [6, 6.07) is 13.4. The molecule has 0 aromatic heterocycles. The highest BCUT2D eigenvalue weighted by atomic mass is 16.5. The molecule has 0 saturated heterocycles. The van der Waals surface area contributed by atoms with Gasteiger partial charge in [-0.15, -0.1) is 6.42 Å². The lowest BCUT2D eigenvalue weighted by molar-refractivity contribution is 0.394. The Labute approximate surface area is 131 Å². The summed E-state index contributed by atoms with van der Waals surface area (Å²) in [5, 5.41) is 0. The summed E-state index contributed by atoms with van der Waals surface area (Å²) < 4.78 is 15.8. The molecule has 0 unspecified atom stereocenters. The van der Waals surface area contributed by atoms with Gasteiger partial charge in [0.15, 0.2) is 0 Å². The maximum Gasteiger partial charge on any atom is 0.123 e. The molecule has 0 aliphatic carbocycles. The highest BCUT2D eigenvalue weighted by Crippen LogP contribution is 2.31. The number of rotatable bonds is 5.